The molecule has 4 rings (SSSR count). The van der Waals surface area contributed by atoms with Crippen LogP contribution in [0.1, 0.15) is 65.7 Å². The van der Waals surface area contributed by atoms with Crippen molar-refractivity contribution in [3.05, 3.63) is 100 Å². The van der Waals surface area contributed by atoms with Crippen molar-refractivity contribution in [1.29, 1.82) is 0 Å². The third kappa shape index (κ3) is 7.72. The van der Waals surface area contributed by atoms with Crippen molar-refractivity contribution in [3.63, 3.8) is 0 Å². The lowest BCUT2D eigenvalue weighted by Gasteiger charge is -2.21. The quantitative estimate of drug-likeness (QED) is 0.220. The van der Waals surface area contributed by atoms with Crippen molar-refractivity contribution in [2.45, 2.75) is 52.0 Å². The maximum absolute atomic E-state index is 14.2. The molecule has 0 spiro atoms. The molecule has 208 valence electrons. The molecule has 0 amide bonds. The van der Waals surface area contributed by atoms with Gasteiger partial charge in [0, 0.05) is 22.9 Å². The molecule has 3 atom stereocenters. The predicted molar refractivity (Wildman–Crippen MR) is 155 cm³/mol. The summed E-state index contributed by atoms with van der Waals surface area (Å²) in [5.41, 5.74) is 4.77. The molecule has 1 aliphatic rings. The van der Waals surface area contributed by atoms with Gasteiger partial charge in [-0.15, -0.1) is 0 Å². The van der Waals surface area contributed by atoms with Crippen LogP contribution in [-0.4, -0.2) is 31.7 Å². The van der Waals surface area contributed by atoms with Gasteiger partial charge in [-0.05, 0) is 92.1 Å². The first-order valence-corrected chi connectivity index (χ1v) is 13.9. The Morgan fingerprint density at radius 3 is 2.23 bits per heavy atom. The maximum atomic E-state index is 14.2. The molecule has 1 saturated carbocycles. The van der Waals surface area contributed by atoms with E-state index in [0.29, 0.717) is 25.1 Å². The minimum absolute atomic E-state index is 0.0606. The van der Waals surface area contributed by atoms with Gasteiger partial charge in [0.05, 0.1) is 25.2 Å². The number of anilines is 1. The van der Waals surface area contributed by atoms with Crippen LogP contribution in [0.25, 0.3) is 0 Å². The number of benzene rings is 3. The first-order chi connectivity index (χ1) is 19.4. The number of methoxy groups -OCH3 is 1. The number of ether oxygens (including phenoxy) is 2. The molecule has 1 fully saturated rings. The first-order valence-electron chi connectivity index (χ1n) is 13.9. The Kier molecular flexibility index (Phi) is 9.96. The van der Waals surface area contributed by atoms with Crippen molar-refractivity contribution in [2.75, 3.05) is 19.0 Å². The van der Waals surface area contributed by atoms with E-state index in [9.17, 15) is 14.0 Å². The van der Waals surface area contributed by atoms with E-state index in [1.807, 2.05) is 24.3 Å². The molecule has 0 saturated heterocycles. The molecule has 1 aliphatic carbocycles. The minimum Gasteiger partial charge on any atom is -0.466 e. The molecule has 3 aromatic carbocycles. The van der Waals surface area contributed by atoms with Gasteiger partial charge in [-0.25, -0.2) is 9.18 Å². The lowest BCUT2D eigenvalue weighted by Crippen LogP contribution is -2.27. The van der Waals surface area contributed by atoms with Gasteiger partial charge in [0.1, 0.15) is 5.82 Å². The summed E-state index contributed by atoms with van der Waals surface area (Å²) >= 11 is 0. The standard InChI is InChI=1S/C34H36FNO4/c1-4-6-7-23-8-10-24(11-9-23)12-13-25-14-16-26(17-15-25)20-32(28-22-29(28)34(38)40-5-2)36-27-18-19-31(35)30(21-27)33(37)39-3/h8-11,14-19,21,28-29,32,36H,4-7,20,22H2,1-3H3. The summed E-state index contributed by atoms with van der Waals surface area (Å²) in [6.45, 7) is 4.33. The van der Waals surface area contributed by atoms with Crippen molar-refractivity contribution >= 4 is 17.6 Å². The van der Waals surface area contributed by atoms with Crippen molar-refractivity contribution in [2.24, 2.45) is 11.8 Å². The first kappa shape index (κ1) is 28.9. The van der Waals surface area contributed by atoms with Gasteiger partial charge in [-0.3, -0.25) is 4.79 Å². The SMILES string of the molecule is CCCCc1ccc(C#Cc2ccc(CC(Nc3ccc(F)c(C(=O)OC)c3)C3CC3C(=O)OCC)cc2)cc1. The Balaban J connectivity index is 1.47. The highest BCUT2D eigenvalue weighted by Crippen LogP contribution is 2.44. The number of rotatable bonds is 11. The van der Waals surface area contributed by atoms with Crippen LogP contribution < -0.4 is 5.32 Å². The van der Waals surface area contributed by atoms with Crippen LogP contribution in [0.2, 0.25) is 0 Å². The van der Waals surface area contributed by atoms with Crippen LogP contribution in [0.15, 0.2) is 66.7 Å². The number of esters is 2. The van der Waals surface area contributed by atoms with E-state index in [1.54, 1.807) is 13.0 Å². The van der Waals surface area contributed by atoms with E-state index >= 15 is 0 Å². The molecule has 0 heterocycles. The van der Waals surface area contributed by atoms with E-state index in [2.05, 4.69) is 48.3 Å². The van der Waals surface area contributed by atoms with Gasteiger partial charge in [-0.1, -0.05) is 49.5 Å². The Hall–Kier alpha value is -4.11. The topological polar surface area (TPSA) is 64.6 Å². The summed E-state index contributed by atoms with van der Waals surface area (Å²) in [6, 6.07) is 20.7. The van der Waals surface area contributed by atoms with E-state index in [-0.39, 0.29) is 29.4 Å². The fourth-order valence-electron chi connectivity index (χ4n) is 4.84. The summed E-state index contributed by atoms with van der Waals surface area (Å²) in [6.07, 6.45) is 4.82. The van der Waals surface area contributed by atoms with Crippen LogP contribution in [0.5, 0.6) is 0 Å². The lowest BCUT2D eigenvalue weighted by atomic mass is 9.99. The molecule has 6 heteroatoms. The van der Waals surface area contributed by atoms with Crippen LogP contribution in [0.4, 0.5) is 10.1 Å². The van der Waals surface area contributed by atoms with Gasteiger partial charge in [0.15, 0.2) is 0 Å². The molecule has 3 unspecified atom stereocenters. The highest BCUT2D eigenvalue weighted by atomic mass is 19.1. The van der Waals surface area contributed by atoms with Crippen LogP contribution >= 0.6 is 0 Å². The Morgan fingerprint density at radius 1 is 0.975 bits per heavy atom. The number of hydrogen-bond donors (Lipinski definition) is 1. The molecule has 0 aliphatic heterocycles. The molecule has 0 radical (unpaired) electrons. The average Bonchev–Trinajstić information content (AvgIpc) is 3.78. The molecular formula is C34H36FNO4. The van der Waals surface area contributed by atoms with Crippen molar-refractivity contribution in [3.8, 4) is 11.8 Å². The molecular weight excluding hydrogens is 505 g/mol. The van der Waals surface area contributed by atoms with Crippen molar-refractivity contribution < 1.29 is 23.5 Å². The highest BCUT2D eigenvalue weighted by molar-refractivity contribution is 5.90. The van der Waals surface area contributed by atoms with E-state index in [0.717, 1.165) is 23.1 Å². The van der Waals surface area contributed by atoms with E-state index < -0.39 is 11.8 Å². The largest absolute Gasteiger partial charge is 0.466 e. The Bertz CT molecular complexity index is 1370. The van der Waals surface area contributed by atoms with Crippen molar-refractivity contribution in [1.82, 2.24) is 0 Å². The Labute approximate surface area is 236 Å². The molecule has 5 nitrogen and oxygen atoms in total. The third-order valence-corrected chi connectivity index (χ3v) is 7.20. The molecule has 0 bridgehead atoms. The number of unbranched alkanes of at least 4 members (excludes halogenated alkanes) is 1. The summed E-state index contributed by atoms with van der Waals surface area (Å²) in [5, 5.41) is 3.43. The summed E-state index contributed by atoms with van der Waals surface area (Å²) in [4.78, 5) is 24.4. The second-order valence-corrected chi connectivity index (χ2v) is 10.1. The maximum Gasteiger partial charge on any atom is 0.340 e. The smallest absolute Gasteiger partial charge is 0.340 e. The second-order valence-electron chi connectivity index (χ2n) is 10.1. The van der Waals surface area contributed by atoms with E-state index in [4.69, 9.17) is 9.47 Å². The van der Waals surface area contributed by atoms with Crippen LogP contribution in [0, 0.1) is 29.5 Å². The van der Waals surface area contributed by atoms with Gasteiger partial charge in [-0.2, -0.15) is 0 Å². The van der Waals surface area contributed by atoms with Gasteiger partial charge in [0.25, 0.3) is 0 Å². The van der Waals surface area contributed by atoms with Gasteiger partial charge < -0.3 is 14.8 Å². The zero-order valence-corrected chi connectivity index (χ0v) is 23.3. The number of carbonyl (C=O) groups is 2. The third-order valence-electron chi connectivity index (χ3n) is 7.20. The number of nitrogens with one attached hydrogen (secondary N) is 1. The average molecular weight is 542 g/mol. The van der Waals surface area contributed by atoms with Crippen LogP contribution in [-0.2, 0) is 27.1 Å². The summed E-state index contributed by atoms with van der Waals surface area (Å²) < 4.78 is 24.1. The molecule has 1 N–H and O–H groups in total. The predicted octanol–water partition coefficient (Wildman–Crippen LogP) is 6.58. The minimum atomic E-state index is -0.738. The number of carbonyl (C=O) groups excluding carboxylic acids is 2. The number of halogens is 1. The summed E-state index contributed by atoms with van der Waals surface area (Å²) in [7, 11) is 1.22. The number of hydrogen-bond acceptors (Lipinski definition) is 5. The van der Waals surface area contributed by atoms with Crippen LogP contribution in [0.3, 0.4) is 0 Å². The van der Waals surface area contributed by atoms with Gasteiger partial charge in [0.2, 0.25) is 0 Å². The Morgan fingerprint density at radius 2 is 1.62 bits per heavy atom. The number of aryl methyl sites for hydroxylation is 1. The normalized spacial score (nSPS) is 16.3. The monoisotopic (exact) mass is 541 g/mol. The second kappa shape index (κ2) is 13.8. The lowest BCUT2D eigenvalue weighted by molar-refractivity contribution is -0.145. The zero-order valence-electron chi connectivity index (χ0n) is 23.3. The molecule has 40 heavy (non-hydrogen) atoms. The fourth-order valence-corrected chi connectivity index (χ4v) is 4.84. The molecule has 0 aromatic heterocycles. The molecule has 3 aromatic rings. The fraction of sp³-hybridized carbons (Fsp3) is 0.353. The highest BCUT2D eigenvalue weighted by Gasteiger charge is 2.48. The summed E-state index contributed by atoms with van der Waals surface area (Å²) in [5.74, 6) is 4.77. The zero-order chi connectivity index (χ0) is 28.5. The van der Waals surface area contributed by atoms with E-state index in [1.165, 1.54) is 37.6 Å². The van der Waals surface area contributed by atoms with Gasteiger partial charge >= 0.3 is 11.9 Å².